The zero-order valence-electron chi connectivity index (χ0n) is 26.1. The zero-order chi connectivity index (χ0) is 30.9. The van der Waals surface area contributed by atoms with Gasteiger partial charge in [0.05, 0.1) is 0 Å². The Bertz CT molecular complexity index is 632. The lowest BCUT2D eigenvalue weighted by atomic mass is 10.1. The number of carbonyl (C=O) groups is 4. The van der Waals surface area contributed by atoms with Gasteiger partial charge in [0.2, 0.25) is 0 Å². The molecule has 0 bridgehead atoms. The first-order valence-electron chi connectivity index (χ1n) is 16.0. The smallest absolute Gasteiger partial charge is 0.320 e. The quantitative estimate of drug-likeness (QED) is 0.0253. The van der Waals surface area contributed by atoms with Gasteiger partial charge in [-0.05, 0) is 12.8 Å². The molecular weight excluding hydrogens is 613 g/mol. The molecule has 0 rings (SSSR count). The second-order valence-electron chi connectivity index (χ2n) is 10.3. The molecule has 0 aliphatic heterocycles. The van der Waals surface area contributed by atoms with Crippen molar-refractivity contribution in [3.8, 4) is 0 Å². The van der Waals surface area contributed by atoms with E-state index in [9.17, 15) is 19.2 Å². The summed E-state index contributed by atoms with van der Waals surface area (Å²) < 4.78 is 15.3. The minimum Gasteiger partial charge on any atom is -0.465 e. The van der Waals surface area contributed by atoms with Crippen LogP contribution in [0, 0.1) is 0 Å². The lowest BCUT2D eigenvalue weighted by molar-refractivity contribution is -0.144. The van der Waals surface area contributed by atoms with E-state index in [-0.39, 0.29) is 25.2 Å². The van der Waals surface area contributed by atoms with Gasteiger partial charge in [0.15, 0.2) is 0 Å². The second-order valence-corrected chi connectivity index (χ2v) is 14.7. The summed E-state index contributed by atoms with van der Waals surface area (Å²) >= 11 is 0. The molecule has 0 heterocycles. The Morgan fingerprint density at radius 2 is 0.786 bits per heavy atom. The molecule has 0 aromatic carbocycles. The van der Waals surface area contributed by atoms with Crippen molar-refractivity contribution in [1.29, 1.82) is 0 Å². The minimum absolute atomic E-state index is 0.185. The lowest BCUT2D eigenvalue weighted by Crippen LogP contribution is -2.33. The maximum absolute atomic E-state index is 11.8. The van der Waals surface area contributed by atoms with Gasteiger partial charge in [-0.25, -0.2) is 0 Å². The molecule has 2 amide bonds. The molecule has 246 valence electrons. The van der Waals surface area contributed by atoms with Crippen LogP contribution in [0.15, 0.2) is 0 Å². The predicted molar refractivity (Wildman–Crippen MR) is 182 cm³/mol. The lowest BCUT2D eigenvalue weighted by Gasteiger charge is -2.06. The van der Waals surface area contributed by atoms with Crippen molar-refractivity contribution in [2.24, 2.45) is 0 Å². The van der Waals surface area contributed by atoms with Gasteiger partial charge in [0.1, 0.15) is 13.2 Å². The van der Waals surface area contributed by atoms with E-state index < -0.39 is 11.8 Å². The molecule has 8 nitrogen and oxygen atoms in total. The standard InChI is InChI=1S/C30H56N2O6S4/c1-3-5-7-9-11-13-15-17-19-21-27(33)37-23-25-39-41-31-29(35)30(36)32-42-40-26-24-38-28(34)22-20-18-16-14-12-10-8-6-4-2/h3-26H2,1-2H3,(H,31,35)(H,32,36). The highest BCUT2D eigenvalue weighted by Crippen LogP contribution is 2.19. The average Bonchev–Trinajstić information content (AvgIpc) is 2.98. The Morgan fingerprint density at radius 1 is 0.476 bits per heavy atom. The summed E-state index contributed by atoms with van der Waals surface area (Å²) in [5.41, 5.74) is 0. The molecule has 0 spiro atoms. The van der Waals surface area contributed by atoms with Crippen LogP contribution in [-0.2, 0) is 28.7 Å². The summed E-state index contributed by atoms with van der Waals surface area (Å²) in [4.78, 5) is 47.3. The summed E-state index contributed by atoms with van der Waals surface area (Å²) in [5.74, 6) is -0.854. The Hall–Kier alpha value is -0.720. The van der Waals surface area contributed by atoms with Crippen molar-refractivity contribution < 1.29 is 28.7 Å². The number of unbranched alkanes of at least 4 members (excludes halogenated alkanes) is 16. The normalized spacial score (nSPS) is 10.8. The van der Waals surface area contributed by atoms with Crippen molar-refractivity contribution in [1.82, 2.24) is 9.44 Å². The van der Waals surface area contributed by atoms with Crippen molar-refractivity contribution >= 4 is 67.3 Å². The van der Waals surface area contributed by atoms with Gasteiger partial charge >= 0.3 is 23.8 Å². The van der Waals surface area contributed by atoms with Gasteiger partial charge in [-0.15, -0.1) is 0 Å². The molecular formula is C30H56N2O6S4. The van der Waals surface area contributed by atoms with Crippen LogP contribution in [0.2, 0.25) is 0 Å². The van der Waals surface area contributed by atoms with E-state index in [0.29, 0.717) is 24.3 Å². The molecule has 12 heteroatoms. The topological polar surface area (TPSA) is 111 Å². The number of amides is 2. The molecule has 0 aliphatic carbocycles. The van der Waals surface area contributed by atoms with Crippen LogP contribution in [0.25, 0.3) is 0 Å². The van der Waals surface area contributed by atoms with Gasteiger partial charge in [-0.1, -0.05) is 138 Å². The maximum atomic E-state index is 11.8. The molecule has 2 N–H and O–H groups in total. The molecule has 0 unspecified atom stereocenters. The monoisotopic (exact) mass is 668 g/mol. The third kappa shape index (κ3) is 30.7. The highest BCUT2D eigenvalue weighted by Gasteiger charge is 2.13. The third-order valence-corrected chi connectivity index (χ3v) is 10.1. The molecule has 0 saturated heterocycles. The molecule has 0 atom stereocenters. The Labute approximate surface area is 271 Å². The molecule has 0 fully saturated rings. The Kier molecular flexibility index (Phi) is 32.6. The van der Waals surface area contributed by atoms with Gasteiger partial charge in [-0.3, -0.25) is 28.6 Å². The molecule has 0 aromatic rings. The summed E-state index contributed by atoms with van der Waals surface area (Å²) in [5, 5.41) is 0. The Morgan fingerprint density at radius 3 is 1.12 bits per heavy atom. The number of carbonyl (C=O) groups excluding carboxylic acids is 4. The largest absolute Gasteiger partial charge is 0.465 e. The van der Waals surface area contributed by atoms with Crippen molar-refractivity contribution in [2.75, 3.05) is 24.7 Å². The second kappa shape index (κ2) is 33.2. The van der Waals surface area contributed by atoms with Gasteiger partial charge in [0.25, 0.3) is 0 Å². The first-order chi connectivity index (χ1) is 20.5. The summed E-state index contributed by atoms with van der Waals surface area (Å²) in [6, 6.07) is 0. The maximum Gasteiger partial charge on any atom is 0.320 e. The van der Waals surface area contributed by atoms with E-state index in [1.54, 1.807) is 0 Å². The number of ether oxygens (including phenoxy) is 2. The van der Waals surface area contributed by atoms with Crippen LogP contribution < -0.4 is 9.44 Å². The number of rotatable bonds is 30. The fraction of sp³-hybridized carbons (Fsp3) is 0.867. The molecule has 0 radical (unpaired) electrons. The number of hydrogen-bond donors (Lipinski definition) is 2. The van der Waals surface area contributed by atoms with Crippen molar-refractivity contribution in [3.63, 3.8) is 0 Å². The summed E-state index contributed by atoms with van der Waals surface area (Å²) in [6.07, 6.45) is 22.6. The summed E-state index contributed by atoms with van der Waals surface area (Å²) in [6.45, 7) is 4.99. The van der Waals surface area contributed by atoms with E-state index in [2.05, 4.69) is 23.3 Å². The first kappa shape index (κ1) is 41.3. The fourth-order valence-electron chi connectivity index (χ4n) is 3.99. The van der Waals surface area contributed by atoms with Crippen LogP contribution in [0.1, 0.15) is 142 Å². The van der Waals surface area contributed by atoms with Crippen LogP contribution in [0.4, 0.5) is 0 Å². The highest BCUT2D eigenvalue weighted by atomic mass is 33.1. The highest BCUT2D eigenvalue weighted by molar-refractivity contribution is 8.76. The summed E-state index contributed by atoms with van der Waals surface area (Å²) in [7, 11) is 4.66. The minimum atomic E-state index is -0.754. The Balaban J connectivity index is 3.47. The molecule has 0 aromatic heterocycles. The fourth-order valence-corrected chi connectivity index (χ4v) is 6.63. The van der Waals surface area contributed by atoms with Crippen LogP contribution in [0.3, 0.4) is 0 Å². The van der Waals surface area contributed by atoms with E-state index in [1.165, 1.54) is 111 Å². The van der Waals surface area contributed by atoms with Crippen LogP contribution in [-0.4, -0.2) is 48.5 Å². The van der Waals surface area contributed by atoms with Gasteiger partial charge in [-0.2, -0.15) is 0 Å². The number of esters is 2. The number of hydrogen-bond acceptors (Lipinski definition) is 10. The van der Waals surface area contributed by atoms with Crippen LogP contribution in [0.5, 0.6) is 0 Å². The van der Waals surface area contributed by atoms with Crippen LogP contribution >= 0.6 is 43.5 Å². The average molecular weight is 669 g/mol. The van der Waals surface area contributed by atoms with Crippen molar-refractivity contribution in [3.05, 3.63) is 0 Å². The van der Waals surface area contributed by atoms with Gasteiger partial charge in [0, 0.05) is 46.3 Å². The third-order valence-electron chi connectivity index (χ3n) is 6.42. The van der Waals surface area contributed by atoms with E-state index in [0.717, 1.165) is 47.6 Å². The molecule has 0 saturated carbocycles. The molecule has 42 heavy (non-hydrogen) atoms. The SMILES string of the molecule is CCCCCCCCCCCC(=O)OCCSSNC(=O)C(=O)NSSCCOC(=O)CCCCCCCCCCC. The van der Waals surface area contributed by atoms with E-state index in [4.69, 9.17) is 9.47 Å². The molecule has 0 aliphatic rings. The first-order valence-corrected chi connectivity index (χ1v) is 20.6. The van der Waals surface area contributed by atoms with Gasteiger partial charge < -0.3 is 9.47 Å². The number of nitrogens with one attached hydrogen (secondary N) is 2. The predicted octanol–water partition coefficient (Wildman–Crippen LogP) is 8.74. The zero-order valence-corrected chi connectivity index (χ0v) is 29.3. The van der Waals surface area contributed by atoms with E-state index in [1.807, 2.05) is 0 Å². The van der Waals surface area contributed by atoms with E-state index >= 15 is 0 Å². The van der Waals surface area contributed by atoms with Crippen molar-refractivity contribution in [2.45, 2.75) is 142 Å².